The zero-order valence-electron chi connectivity index (χ0n) is 25.8. The maximum Gasteiger partial charge on any atom is 0.306 e. The van der Waals surface area contributed by atoms with E-state index in [0.29, 0.717) is 0 Å². The Labute approximate surface area is 269 Å². The van der Waals surface area contributed by atoms with Crippen LogP contribution >= 0.6 is 0 Å². The van der Waals surface area contributed by atoms with Crippen molar-refractivity contribution in [2.75, 3.05) is 38.7 Å². The van der Waals surface area contributed by atoms with Gasteiger partial charge in [0, 0.05) is 5.56 Å². The molecule has 46 heavy (non-hydrogen) atoms. The molecule has 0 aliphatic carbocycles. The molecular formula is C28H32O14S4. The Morgan fingerprint density at radius 3 is 1.63 bits per heavy atom. The summed E-state index contributed by atoms with van der Waals surface area (Å²) in [6.45, 7) is 3.75. The standard InChI is InChI=1S/C28H32O14S4/c1-18(2)14-15-38-23-13-10-20(16-24(23)40-44(5,31)32)26-25(37-3)17-22(19-8-11-21(12-9-19)39-43(4,29)30)27(41-45(6,33)34)28(26)42-46(7,35)36/h8-14,16-17H,15H2,1-7H3. The molecule has 14 nitrogen and oxygen atoms in total. The molecule has 0 aliphatic rings. The first kappa shape index (κ1) is 36.5. The largest absolute Gasteiger partial charge is 0.496 e. The molecular weight excluding hydrogens is 689 g/mol. The third-order valence-electron chi connectivity index (χ3n) is 5.51. The minimum absolute atomic E-state index is 0.0249. The predicted molar refractivity (Wildman–Crippen MR) is 171 cm³/mol. The van der Waals surface area contributed by atoms with Crippen LogP contribution in [0.2, 0.25) is 0 Å². The molecule has 3 aromatic rings. The van der Waals surface area contributed by atoms with Crippen molar-refractivity contribution in [2.24, 2.45) is 0 Å². The Hall–Kier alpha value is -4.00. The van der Waals surface area contributed by atoms with Crippen molar-refractivity contribution in [3.8, 4) is 56.8 Å². The van der Waals surface area contributed by atoms with E-state index >= 15 is 0 Å². The van der Waals surface area contributed by atoms with E-state index in [1.54, 1.807) is 6.08 Å². The molecule has 3 rings (SSSR count). The van der Waals surface area contributed by atoms with Crippen LogP contribution in [-0.2, 0) is 40.5 Å². The molecule has 0 spiro atoms. The van der Waals surface area contributed by atoms with Gasteiger partial charge in [-0.1, -0.05) is 23.8 Å². The minimum atomic E-state index is -4.38. The normalized spacial score (nSPS) is 12.2. The van der Waals surface area contributed by atoms with Gasteiger partial charge in [0.25, 0.3) is 0 Å². The SMILES string of the molecule is COc1cc(-c2ccc(OS(C)(=O)=O)cc2)c(OS(C)(=O)=O)c(OS(C)(=O)=O)c1-c1ccc(OCC=C(C)C)c(OS(C)(=O)=O)c1. The summed E-state index contributed by atoms with van der Waals surface area (Å²) in [5, 5.41) is 0. The summed E-state index contributed by atoms with van der Waals surface area (Å²) >= 11 is 0. The van der Waals surface area contributed by atoms with Gasteiger partial charge in [0.1, 0.15) is 18.1 Å². The van der Waals surface area contributed by atoms with Crippen LogP contribution in [0.4, 0.5) is 0 Å². The zero-order valence-corrected chi connectivity index (χ0v) is 29.0. The van der Waals surface area contributed by atoms with Gasteiger partial charge in [-0.25, -0.2) is 0 Å². The fraction of sp³-hybridized carbons (Fsp3) is 0.286. The monoisotopic (exact) mass is 720 g/mol. The topological polar surface area (TPSA) is 192 Å². The molecule has 0 atom stereocenters. The van der Waals surface area contributed by atoms with E-state index in [-0.39, 0.29) is 51.9 Å². The Balaban J connectivity index is 2.42. The number of allylic oxidation sites excluding steroid dienone is 1. The molecule has 0 fully saturated rings. The fourth-order valence-corrected chi connectivity index (χ4v) is 5.75. The lowest BCUT2D eigenvalue weighted by molar-refractivity contribution is 0.347. The maximum atomic E-state index is 12.5. The average molecular weight is 721 g/mol. The molecule has 0 bridgehead atoms. The van der Waals surface area contributed by atoms with Crippen molar-refractivity contribution in [3.63, 3.8) is 0 Å². The Morgan fingerprint density at radius 2 is 1.13 bits per heavy atom. The molecule has 0 N–H and O–H groups in total. The van der Waals surface area contributed by atoms with Crippen molar-refractivity contribution < 1.29 is 59.9 Å². The summed E-state index contributed by atoms with van der Waals surface area (Å²) in [7, 11) is -15.4. The average Bonchev–Trinajstić information content (AvgIpc) is 2.87. The lowest BCUT2D eigenvalue weighted by Gasteiger charge is -2.21. The van der Waals surface area contributed by atoms with Crippen molar-refractivity contribution in [1.29, 1.82) is 0 Å². The van der Waals surface area contributed by atoms with E-state index in [1.807, 2.05) is 13.8 Å². The van der Waals surface area contributed by atoms with Crippen LogP contribution < -0.4 is 26.2 Å². The fourth-order valence-electron chi connectivity index (χ4n) is 3.90. The van der Waals surface area contributed by atoms with Crippen LogP contribution in [0.3, 0.4) is 0 Å². The van der Waals surface area contributed by atoms with E-state index in [9.17, 15) is 33.7 Å². The number of hydrogen-bond donors (Lipinski definition) is 0. The Morgan fingerprint density at radius 1 is 0.609 bits per heavy atom. The van der Waals surface area contributed by atoms with E-state index in [0.717, 1.165) is 30.6 Å². The molecule has 0 saturated heterocycles. The molecule has 0 saturated carbocycles. The highest BCUT2D eigenvalue weighted by Crippen LogP contribution is 2.52. The molecule has 3 aromatic carbocycles. The molecule has 0 unspecified atom stereocenters. The molecule has 0 aromatic heterocycles. The maximum absolute atomic E-state index is 12.5. The lowest BCUT2D eigenvalue weighted by atomic mass is 9.96. The summed E-state index contributed by atoms with van der Waals surface area (Å²) < 4.78 is 129. The summed E-state index contributed by atoms with van der Waals surface area (Å²) in [6, 6.07) is 10.6. The van der Waals surface area contributed by atoms with Crippen LogP contribution in [0.1, 0.15) is 13.8 Å². The lowest BCUT2D eigenvalue weighted by Crippen LogP contribution is -2.13. The van der Waals surface area contributed by atoms with Gasteiger partial charge in [0.2, 0.25) is 0 Å². The van der Waals surface area contributed by atoms with Crippen molar-refractivity contribution in [3.05, 3.63) is 60.2 Å². The number of benzene rings is 3. The smallest absolute Gasteiger partial charge is 0.306 e. The zero-order chi connectivity index (χ0) is 34.7. The highest BCUT2D eigenvalue weighted by molar-refractivity contribution is 7.87. The van der Waals surface area contributed by atoms with Crippen LogP contribution in [-0.4, -0.2) is 72.4 Å². The summed E-state index contributed by atoms with van der Waals surface area (Å²) in [5.74, 6) is -1.56. The Bertz CT molecular complexity index is 2080. The van der Waals surface area contributed by atoms with E-state index in [1.165, 1.54) is 55.6 Å². The molecule has 0 radical (unpaired) electrons. The highest BCUT2D eigenvalue weighted by Gasteiger charge is 2.29. The second-order valence-electron chi connectivity index (χ2n) is 10.1. The third kappa shape index (κ3) is 10.8. The molecule has 18 heteroatoms. The minimum Gasteiger partial charge on any atom is -0.496 e. The number of hydrogen-bond acceptors (Lipinski definition) is 14. The van der Waals surface area contributed by atoms with Gasteiger partial charge < -0.3 is 26.2 Å². The summed E-state index contributed by atoms with van der Waals surface area (Å²) in [4.78, 5) is 0. The van der Waals surface area contributed by atoms with Gasteiger partial charge in [0.05, 0.1) is 37.7 Å². The van der Waals surface area contributed by atoms with Gasteiger partial charge in [-0.15, -0.1) is 0 Å². The van der Waals surface area contributed by atoms with Crippen LogP contribution in [0.5, 0.6) is 34.5 Å². The highest BCUT2D eigenvalue weighted by atomic mass is 32.2. The summed E-state index contributed by atoms with van der Waals surface area (Å²) in [5.41, 5.74) is 1.02. The Kier molecular flexibility index (Phi) is 10.9. The van der Waals surface area contributed by atoms with Crippen LogP contribution in [0.15, 0.2) is 60.2 Å². The van der Waals surface area contributed by atoms with Gasteiger partial charge in [0.15, 0.2) is 23.0 Å². The predicted octanol–water partition coefficient (Wildman–Crippen LogP) is 3.73. The van der Waals surface area contributed by atoms with Gasteiger partial charge in [-0.2, -0.15) is 33.7 Å². The van der Waals surface area contributed by atoms with Crippen molar-refractivity contribution in [2.45, 2.75) is 13.8 Å². The van der Waals surface area contributed by atoms with E-state index < -0.39 is 52.0 Å². The molecule has 0 amide bonds. The number of methoxy groups -OCH3 is 1. The molecule has 0 heterocycles. The third-order valence-corrected chi connectivity index (χ3v) is 7.42. The number of rotatable bonds is 14. The van der Waals surface area contributed by atoms with E-state index in [4.69, 9.17) is 26.2 Å². The van der Waals surface area contributed by atoms with Crippen LogP contribution in [0.25, 0.3) is 22.3 Å². The van der Waals surface area contributed by atoms with Gasteiger partial charge in [-0.05, 0) is 61.4 Å². The molecule has 252 valence electrons. The van der Waals surface area contributed by atoms with Crippen molar-refractivity contribution in [1.82, 2.24) is 0 Å². The second-order valence-corrected chi connectivity index (χ2v) is 16.4. The number of ether oxygens (including phenoxy) is 2. The first-order valence-corrected chi connectivity index (χ1v) is 20.2. The van der Waals surface area contributed by atoms with Crippen LogP contribution in [0, 0.1) is 0 Å². The second kappa shape index (κ2) is 13.8. The first-order valence-electron chi connectivity index (χ1n) is 12.9. The first-order chi connectivity index (χ1) is 21.0. The molecule has 0 aliphatic heterocycles. The summed E-state index contributed by atoms with van der Waals surface area (Å²) in [6.07, 6.45) is 4.86. The van der Waals surface area contributed by atoms with Gasteiger partial charge >= 0.3 is 40.5 Å². The van der Waals surface area contributed by atoms with Gasteiger partial charge in [-0.3, -0.25) is 0 Å². The van der Waals surface area contributed by atoms with E-state index in [2.05, 4.69) is 0 Å². The van der Waals surface area contributed by atoms with Crippen molar-refractivity contribution >= 4 is 40.5 Å². The quantitative estimate of drug-likeness (QED) is 0.173.